The Kier molecular flexibility index (Phi) is 6.87. The molecule has 0 aliphatic carbocycles. The molecule has 1 aliphatic rings. The molecule has 0 radical (unpaired) electrons. The van der Waals surface area contributed by atoms with Crippen LogP contribution in [0.1, 0.15) is 12.8 Å². The fourth-order valence-electron chi connectivity index (χ4n) is 2.75. The van der Waals surface area contributed by atoms with Gasteiger partial charge < -0.3 is 15.4 Å². The van der Waals surface area contributed by atoms with Crippen LogP contribution in [-0.4, -0.2) is 46.1 Å². The number of rotatable bonds is 8. The van der Waals surface area contributed by atoms with Crippen molar-refractivity contribution < 1.29 is 18.3 Å². The van der Waals surface area contributed by atoms with Crippen LogP contribution in [0.4, 0.5) is 19.0 Å². The van der Waals surface area contributed by atoms with Crippen molar-refractivity contribution in [3.8, 4) is 11.3 Å². The van der Waals surface area contributed by atoms with E-state index < -0.39 is 11.6 Å². The summed E-state index contributed by atoms with van der Waals surface area (Å²) in [5, 5.41) is 16.8. The number of carbonyl (C=O) groups excluding carboxylic acids is 1. The van der Waals surface area contributed by atoms with Gasteiger partial charge >= 0.3 is 0 Å². The van der Waals surface area contributed by atoms with Crippen LogP contribution >= 0.6 is 34.4 Å². The molecule has 30 heavy (non-hydrogen) atoms. The van der Waals surface area contributed by atoms with E-state index in [1.807, 2.05) is 0 Å². The molecule has 158 valence electrons. The number of thiazole rings is 1. The summed E-state index contributed by atoms with van der Waals surface area (Å²) < 4.78 is 32.7. The summed E-state index contributed by atoms with van der Waals surface area (Å²) in [6, 6.07) is 3.56. The molecule has 3 aromatic rings. The SMILES string of the molecule is O=C(CSc1nnc(NC[C@@H]2CCCO2)s1)Nc1nc(-c2ccc(F)c(F)c2)cs1. The average molecular weight is 470 g/mol. The minimum Gasteiger partial charge on any atom is -0.376 e. The molecule has 3 heterocycles. The summed E-state index contributed by atoms with van der Waals surface area (Å²) in [5.74, 6) is -1.94. The summed E-state index contributed by atoms with van der Waals surface area (Å²) >= 11 is 3.88. The molecule has 0 unspecified atom stereocenters. The number of benzene rings is 1. The quantitative estimate of drug-likeness (QED) is 0.477. The number of aromatic nitrogens is 3. The summed E-state index contributed by atoms with van der Waals surface area (Å²) in [7, 11) is 0. The first kappa shape index (κ1) is 21.1. The van der Waals surface area contributed by atoms with Gasteiger partial charge in [-0.15, -0.1) is 21.5 Å². The third-order valence-corrected chi connectivity index (χ3v) is 6.98. The molecular formula is C18H17F2N5O2S3. The highest BCUT2D eigenvalue weighted by atomic mass is 32.2. The van der Waals surface area contributed by atoms with E-state index in [0.717, 1.165) is 31.6 Å². The minimum atomic E-state index is -0.941. The van der Waals surface area contributed by atoms with Crippen molar-refractivity contribution in [3.63, 3.8) is 0 Å². The summed E-state index contributed by atoms with van der Waals surface area (Å²) in [4.78, 5) is 16.4. The highest BCUT2D eigenvalue weighted by molar-refractivity contribution is 8.01. The topological polar surface area (TPSA) is 89.0 Å². The van der Waals surface area contributed by atoms with Gasteiger partial charge in [-0.2, -0.15) is 0 Å². The van der Waals surface area contributed by atoms with Gasteiger partial charge in [0, 0.05) is 24.1 Å². The second-order valence-corrected chi connectivity index (χ2v) is 9.45. The Labute approximate surface area is 183 Å². The van der Waals surface area contributed by atoms with Crippen LogP contribution in [0, 0.1) is 11.6 Å². The maximum Gasteiger partial charge on any atom is 0.236 e. The Bertz CT molecular complexity index is 1020. The number of amides is 1. The van der Waals surface area contributed by atoms with Crippen molar-refractivity contribution in [2.24, 2.45) is 0 Å². The first-order chi connectivity index (χ1) is 14.6. The van der Waals surface area contributed by atoms with Crippen molar-refractivity contribution in [3.05, 3.63) is 35.2 Å². The van der Waals surface area contributed by atoms with E-state index in [1.165, 1.54) is 40.5 Å². The molecule has 0 saturated carbocycles. The van der Waals surface area contributed by atoms with Crippen LogP contribution in [0.15, 0.2) is 27.9 Å². The number of hydrogen-bond donors (Lipinski definition) is 2. The van der Waals surface area contributed by atoms with Gasteiger partial charge in [0.1, 0.15) is 0 Å². The highest BCUT2D eigenvalue weighted by Gasteiger charge is 2.16. The zero-order chi connectivity index (χ0) is 20.9. The highest BCUT2D eigenvalue weighted by Crippen LogP contribution is 2.28. The Morgan fingerprint density at radius 1 is 1.27 bits per heavy atom. The van der Waals surface area contributed by atoms with Gasteiger partial charge in [-0.25, -0.2) is 13.8 Å². The van der Waals surface area contributed by atoms with Crippen molar-refractivity contribution >= 4 is 50.6 Å². The van der Waals surface area contributed by atoms with Crippen LogP contribution in [0.25, 0.3) is 11.3 Å². The van der Waals surface area contributed by atoms with E-state index in [0.29, 0.717) is 32.4 Å². The van der Waals surface area contributed by atoms with E-state index in [-0.39, 0.29) is 17.8 Å². The number of hydrogen-bond acceptors (Lipinski definition) is 9. The summed E-state index contributed by atoms with van der Waals surface area (Å²) in [6.07, 6.45) is 2.34. The molecule has 1 aromatic carbocycles. The number of thioether (sulfide) groups is 1. The lowest BCUT2D eigenvalue weighted by atomic mass is 10.2. The van der Waals surface area contributed by atoms with E-state index in [2.05, 4.69) is 25.8 Å². The molecule has 7 nitrogen and oxygen atoms in total. The number of carbonyl (C=O) groups is 1. The van der Waals surface area contributed by atoms with E-state index in [1.54, 1.807) is 5.38 Å². The summed E-state index contributed by atoms with van der Waals surface area (Å²) in [5.41, 5.74) is 0.907. The zero-order valence-corrected chi connectivity index (χ0v) is 18.0. The molecule has 12 heteroatoms. The van der Waals surface area contributed by atoms with Crippen LogP contribution in [0.3, 0.4) is 0 Å². The fourth-order valence-corrected chi connectivity index (χ4v) is 5.04. The molecule has 2 N–H and O–H groups in total. The van der Waals surface area contributed by atoms with Gasteiger partial charge in [-0.1, -0.05) is 23.1 Å². The predicted molar refractivity (Wildman–Crippen MR) is 114 cm³/mol. The molecule has 4 rings (SSSR count). The monoisotopic (exact) mass is 469 g/mol. The van der Waals surface area contributed by atoms with Crippen molar-refractivity contribution in [1.82, 2.24) is 15.2 Å². The third kappa shape index (κ3) is 5.50. The van der Waals surface area contributed by atoms with Crippen LogP contribution in [0.2, 0.25) is 0 Å². The largest absolute Gasteiger partial charge is 0.376 e. The van der Waals surface area contributed by atoms with Gasteiger partial charge in [0.25, 0.3) is 0 Å². The number of halogens is 2. The van der Waals surface area contributed by atoms with Crippen LogP contribution in [0.5, 0.6) is 0 Å². The number of anilines is 2. The minimum absolute atomic E-state index is 0.153. The zero-order valence-electron chi connectivity index (χ0n) is 15.6. The van der Waals surface area contributed by atoms with E-state index in [9.17, 15) is 13.6 Å². The smallest absolute Gasteiger partial charge is 0.236 e. The molecule has 0 bridgehead atoms. The van der Waals surface area contributed by atoms with Crippen LogP contribution in [-0.2, 0) is 9.53 Å². The third-order valence-electron chi connectivity index (χ3n) is 4.20. The predicted octanol–water partition coefficient (Wildman–Crippen LogP) is 4.26. The van der Waals surface area contributed by atoms with E-state index in [4.69, 9.17) is 4.74 Å². The van der Waals surface area contributed by atoms with Gasteiger partial charge in [0.2, 0.25) is 11.0 Å². The first-order valence-electron chi connectivity index (χ1n) is 9.09. The molecular weight excluding hydrogens is 452 g/mol. The maximum atomic E-state index is 13.4. The molecule has 2 aromatic heterocycles. The van der Waals surface area contributed by atoms with Gasteiger partial charge in [0.05, 0.1) is 17.6 Å². The van der Waals surface area contributed by atoms with Crippen molar-refractivity contribution in [2.45, 2.75) is 23.3 Å². The molecule has 1 saturated heterocycles. The van der Waals surface area contributed by atoms with E-state index >= 15 is 0 Å². The van der Waals surface area contributed by atoms with Gasteiger partial charge in [-0.3, -0.25) is 4.79 Å². The van der Waals surface area contributed by atoms with Gasteiger partial charge in [0.15, 0.2) is 21.1 Å². The maximum absolute atomic E-state index is 13.4. The first-order valence-corrected chi connectivity index (χ1v) is 11.8. The Morgan fingerprint density at radius 2 is 2.17 bits per heavy atom. The second kappa shape index (κ2) is 9.77. The normalized spacial score (nSPS) is 16.0. The lowest BCUT2D eigenvalue weighted by molar-refractivity contribution is -0.113. The molecule has 0 spiro atoms. The Hall–Kier alpha value is -2.15. The van der Waals surface area contributed by atoms with Gasteiger partial charge in [-0.05, 0) is 31.0 Å². The standard InChI is InChI=1S/C18H17F2N5O2S3/c19-12-4-3-10(6-13(12)20)14-8-28-17(22-14)23-15(26)9-29-18-25-24-16(30-18)21-7-11-2-1-5-27-11/h3-4,6,8,11H,1-2,5,7,9H2,(H,21,24)(H,22,23,26)/t11-/m0/s1. The average Bonchev–Trinajstić information content (AvgIpc) is 3.49. The van der Waals surface area contributed by atoms with Crippen LogP contribution < -0.4 is 10.6 Å². The molecule has 1 amide bonds. The summed E-state index contributed by atoms with van der Waals surface area (Å²) in [6.45, 7) is 1.50. The molecule has 1 aliphatic heterocycles. The number of nitrogens with one attached hydrogen (secondary N) is 2. The Balaban J connectivity index is 1.25. The van der Waals surface area contributed by atoms with Crippen molar-refractivity contribution in [1.29, 1.82) is 0 Å². The second-order valence-electron chi connectivity index (χ2n) is 6.39. The van der Waals surface area contributed by atoms with Crippen molar-refractivity contribution in [2.75, 3.05) is 29.5 Å². The Morgan fingerprint density at radius 3 is 2.97 bits per heavy atom. The molecule has 1 fully saturated rings. The fraction of sp³-hybridized carbons (Fsp3) is 0.333. The number of nitrogens with zero attached hydrogens (tertiary/aromatic N) is 3. The number of ether oxygens (including phenoxy) is 1. The lowest BCUT2D eigenvalue weighted by Gasteiger charge is -2.08. The lowest BCUT2D eigenvalue weighted by Crippen LogP contribution is -2.18. The molecule has 1 atom stereocenters.